The van der Waals surface area contributed by atoms with Crippen LogP contribution in [0.4, 0.5) is 0 Å². The van der Waals surface area contributed by atoms with Crippen molar-refractivity contribution >= 4 is 17.2 Å². The van der Waals surface area contributed by atoms with E-state index in [1.165, 1.54) is 4.88 Å². The molecule has 1 atom stereocenters. The van der Waals surface area contributed by atoms with E-state index in [1.54, 1.807) is 32.7 Å². The highest BCUT2D eigenvalue weighted by atomic mass is 32.1. The number of thiophene rings is 1. The summed E-state index contributed by atoms with van der Waals surface area (Å²) >= 11 is 1.71. The van der Waals surface area contributed by atoms with E-state index in [0.29, 0.717) is 23.7 Å². The molecule has 134 valence electrons. The van der Waals surface area contributed by atoms with Crippen LogP contribution in [0.5, 0.6) is 17.2 Å². The van der Waals surface area contributed by atoms with Gasteiger partial charge in [-0.2, -0.15) is 0 Å². The third kappa shape index (κ3) is 3.58. The lowest BCUT2D eigenvalue weighted by molar-refractivity contribution is -0.131. The SMILES string of the molecule is COc1cc(CC(=O)N2CCCC2c2cccs2)cc(OC)c1OC. The van der Waals surface area contributed by atoms with Crippen LogP contribution in [0.1, 0.15) is 29.3 Å². The first-order valence-corrected chi connectivity index (χ1v) is 9.17. The molecule has 1 unspecified atom stereocenters. The summed E-state index contributed by atoms with van der Waals surface area (Å²) < 4.78 is 16.1. The van der Waals surface area contributed by atoms with E-state index < -0.39 is 0 Å². The van der Waals surface area contributed by atoms with E-state index in [4.69, 9.17) is 14.2 Å². The Hall–Kier alpha value is -2.21. The van der Waals surface area contributed by atoms with Crippen molar-refractivity contribution in [2.24, 2.45) is 0 Å². The summed E-state index contributed by atoms with van der Waals surface area (Å²) in [5, 5.41) is 2.06. The summed E-state index contributed by atoms with van der Waals surface area (Å²) in [7, 11) is 4.73. The Morgan fingerprint density at radius 2 is 1.92 bits per heavy atom. The van der Waals surface area contributed by atoms with Crippen LogP contribution in [0.3, 0.4) is 0 Å². The van der Waals surface area contributed by atoms with Gasteiger partial charge in [0, 0.05) is 11.4 Å². The van der Waals surface area contributed by atoms with Gasteiger partial charge in [-0.05, 0) is 42.0 Å². The first kappa shape index (κ1) is 17.6. The molecule has 2 heterocycles. The summed E-state index contributed by atoms with van der Waals surface area (Å²) in [5.74, 6) is 1.81. The van der Waals surface area contributed by atoms with Gasteiger partial charge in [0.05, 0.1) is 33.8 Å². The van der Waals surface area contributed by atoms with Crippen molar-refractivity contribution in [2.75, 3.05) is 27.9 Å². The standard InChI is InChI=1S/C19H23NO4S/c1-22-15-10-13(11-16(23-2)19(15)24-3)12-18(21)20-8-4-6-14(20)17-7-5-9-25-17/h5,7,9-11,14H,4,6,8,12H2,1-3H3. The quantitative estimate of drug-likeness (QED) is 0.787. The average Bonchev–Trinajstić information content (AvgIpc) is 3.31. The van der Waals surface area contributed by atoms with Gasteiger partial charge in [-0.3, -0.25) is 4.79 Å². The van der Waals surface area contributed by atoms with Gasteiger partial charge < -0.3 is 19.1 Å². The van der Waals surface area contributed by atoms with Gasteiger partial charge in [-0.15, -0.1) is 11.3 Å². The predicted molar refractivity (Wildman–Crippen MR) is 97.8 cm³/mol. The number of ether oxygens (including phenoxy) is 3. The zero-order valence-electron chi connectivity index (χ0n) is 14.8. The van der Waals surface area contributed by atoms with Gasteiger partial charge in [0.25, 0.3) is 0 Å². The number of benzene rings is 1. The van der Waals surface area contributed by atoms with Crippen LogP contribution in [0, 0.1) is 0 Å². The van der Waals surface area contributed by atoms with Gasteiger partial charge in [-0.25, -0.2) is 0 Å². The molecule has 25 heavy (non-hydrogen) atoms. The largest absolute Gasteiger partial charge is 0.493 e. The monoisotopic (exact) mass is 361 g/mol. The van der Waals surface area contributed by atoms with E-state index >= 15 is 0 Å². The van der Waals surface area contributed by atoms with Gasteiger partial charge in [0.15, 0.2) is 11.5 Å². The number of likely N-dealkylation sites (tertiary alicyclic amines) is 1. The molecule has 1 aromatic heterocycles. The molecule has 3 rings (SSSR count). The first-order chi connectivity index (χ1) is 12.2. The molecular formula is C19H23NO4S. The van der Waals surface area contributed by atoms with Gasteiger partial charge >= 0.3 is 0 Å². The van der Waals surface area contributed by atoms with E-state index in [0.717, 1.165) is 24.9 Å². The summed E-state index contributed by atoms with van der Waals surface area (Å²) in [6, 6.07) is 8.04. The molecule has 1 aliphatic heterocycles. The number of nitrogens with zero attached hydrogens (tertiary/aromatic N) is 1. The fraction of sp³-hybridized carbons (Fsp3) is 0.421. The summed E-state index contributed by atoms with van der Waals surface area (Å²) in [5.41, 5.74) is 0.858. The third-order valence-electron chi connectivity index (χ3n) is 4.52. The highest BCUT2D eigenvalue weighted by Crippen LogP contribution is 2.39. The third-order valence-corrected chi connectivity index (χ3v) is 5.50. The Kier molecular flexibility index (Phi) is 5.48. The highest BCUT2D eigenvalue weighted by molar-refractivity contribution is 7.10. The fourth-order valence-corrected chi connectivity index (χ4v) is 4.23. The molecular weight excluding hydrogens is 338 g/mol. The molecule has 1 fully saturated rings. The Labute approximate surface area is 152 Å². The normalized spacial score (nSPS) is 16.8. The number of carbonyl (C=O) groups is 1. The number of methoxy groups -OCH3 is 3. The Balaban J connectivity index is 1.81. The van der Waals surface area contributed by atoms with E-state index in [-0.39, 0.29) is 11.9 Å². The molecule has 1 aromatic carbocycles. The van der Waals surface area contributed by atoms with Gasteiger partial charge in [0.1, 0.15) is 0 Å². The van der Waals surface area contributed by atoms with Crippen molar-refractivity contribution < 1.29 is 19.0 Å². The van der Waals surface area contributed by atoms with Crippen molar-refractivity contribution in [3.8, 4) is 17.2 Å². The lowest BCUT2D eigenvalue weighted by atomic mass is 10.1. The molecule has 0 N–H and O–H groups in total. The molecule has 0 bridgehead atoms. The van der Waals surface area contributed by atoms with E-state index in [1.807, 2.05) is 23.1 Å². The summed E-state index contributed by atoms with van der Waals surface area (Å²) in [4.78, 5) is 16.1. The molecule has 2 aromatic rings. The lowest BCUT2D eigenvalue weighted by Crippen LogP contribution is -2.31. The maximum absolute atomic E-state index is 12.9. The second-order valence-corrected chi connectivity index (χ2v) is 6.95. The van der Waals surface area contributed by atoms with Crippen LogP contribution < -0.4 is 14.2 Å². The van der Waals surface area contributed by atoms with Crippen molar-refractivity contribution in [1.82, 2.24) is 4.90 Å². The molecule has 1 saturated heterocycles. The Morgan fingerprint density at radius 1 is 1.20 bits per heavy atom. The summed E-state index contributed by atoms with van der Waals surface area (Å²) in [6.07, 6.45) is 2.39. The van der Waals surface area contributed by atoms with Gasteiger partial charge in [0.2, 0.25) is 11.7 Å². The van der Waals surface area contributed by atoms with E-state index in [2.05, 4.69) is 11.4 Å². The second-order valence-electron chi connectivity index (χ2n) is 5.97. The van der Waals surface area contributed by atoms with Crippen LogP contribution >= 0.6 is 11.3 Å². The Bertz CT molecular complexity index is 704. The maximum Gasteiger partial charge on any atom is 0.227 e. The fourth-order valence-electron chi connectivity index (χ4n) is 3.36. The van der Waals surface area contributed by atoms with Crippen molar-refractivity contribution in [1.29, 1.82) is 0 Å². The maximum atomic E-state index is 12.9. The number of rotatable bonds is 6. The molecule has 1 amide bonds. The van der Waals surface area contributed by atoms with Crippen LogP contribution in [-0.2, 0) is 11.2 Å². The van der Waals surface area contributed by atoms with Crippen molar-refractivity contribution in [3.63, 3.8) is 0 Å². The molecule has 5 nitrogen and oxygen atoms in total. The van der Waals surface area contributed by atoms with Crippen LogP contribution in [0.2, 0.25) is 0 Å². The average molecular weight is 361 g/mol. The number of hydrogen-bond donors (Lipinski definition) is 0. The Morgan fingerprint density at radius 3 is 2.48 bits per heavy atom. The van der Waals surface area contributed by atoms with E-state index in [9.17, 15) is 4.79 Å². The minimum absolute atomic E-state index is 0.130. The zero-order chi connectivity index (χ0) is 17.8. The molecule has 0 aliphatic carbocycles. The number of amides is 1. The van der Waals surface area contributed by atoms with Crippen molar-refractivity contribution in [2.45, 2.75) is 25.3 Å². The minimum atomic E-state index is 0.130. The second kappa shape index (κ2) is 7.78. The molecule has 6 heteroatoms. The zero-order valence-corrected chi connectivity index (χ0v) is 15.6. The number of carbonyl (C=O) groups excluding carboxylic acids is 1. The predicted octanol–water partition coefficient (Wildman–Crippen LogP) is 3.68. The van der Waals surface area contributed by atoms with Crippen LogP contribution in [0.15, 0.2) is 29.6 Å². The van der Waals surface area contributed by atoms with Crippen LogP contribution in [0.25, 0.3) is 0 Å². The van der Waals surface area contributed by atoms with Crippen molar-refractivity contribution in [3.05, 3.63) is 40.1 Å². The molecule has 0 spiro atoms. The summed E-state index contributed by atoms with van der Waals surface area (Å²) in [6.45, 7) is 0.811. The van der Waals surface area contributed by atoms with Gasteiger partial charge in [-0.1, -0.05) is 6.07 Å². The molecule has 0 radical (unpaired) electrons. The first-order valence-electron chi connectivity index (χ1n) is 8.29. The lowest BCUT2D eigenvalue weighted by Gasteiger charge is -2.24. The van der Waals surface area contributed by atoms with Crippen LogP contribution in [-0.4, -0.2) is 38.7 Å². The highest BCUT2D eigenvalue weighted by Gasteiger charge is 2.30. The molecule has 0 saturated carbocycles. The number of hydrogen-bond acceptors (Lipinski definition) is 5. The smallest absolute Gasteiger partial charge is 0.227 e. The molecule has 1 aliphatic rings. The minimum Gasteiger partial charge on any atom is -0.493 e. The topological polar surface area (TPSA) is 48.0 Å².